The van der Waals surface area contributed by atoms with Gasteiger partial charge in [0.05, 0.1) is 18.3 Å². The molecule has 28 heavy (non-hydrogen) atoms. The van der Waals surface area contributed by atoms with Crippen LogP contribution in [0.5, 0.6) is 5.75 Å². The lowest BCUT2D eigenvalue weighted by molar-refractivity contribution is 0.417. The number of aromatic amines is 1. The van der Waals surface area contributed by atoms with Crippen molar-refractivity contribution in [1.82, 2.24) is 4.98 Å². The van der Waals surface area contributed by atoms with Crippen molar-refractivity contribution in [3.05, 3.63) is 63.3 Å². The van der Waals surface area contributed by atoms with Crippen LogP contribution in [-0.4, -0.2) is 18.6 Å². The van der Waals surface area contributed by atoms with E-state index in [9.17, 15) is 4.79 Å². The van der Waals surface area contributed by atoms with Crippen LogP contribution in [0.3, 0.4) is 0 Å². The summed E-state index contributed by atoms with van der Waals surface area (Å²) in [7, 11) is 1.66. The van der Waals surface area contributed by atoms with E-state index in [1.807, 2.05) is 36.6 Å². The minimum absolute atomic E-state index is 0.0585. The lowest BCUT2D eigenvalue weighted by Gasteiger charge is -2.17. The topological polar surface area (TPSA) is 80.1 Å². The summed E-state index contributed by atoms with van der Waals surface area (Å²) in [6.45, 7) is 4.71. The first-order valence-electron chi connectivity index (χ1n) is 9.21. The smallest absolute Gasteiger partial charge is 0.266 e. The summed E-state index contributed by atoms with van der Waals surface area (Å²) in [5, 5.41) is 7.35. The van der Waals surface area contributed by atoms with Crippen LogP contribution in [0.2, 0.25) is 0 Å². The Hall–Kier alpha value is -2.83. The third-order valence-electron chi connectivity index (χ3n) is 5.19. The number of H-pyrrole nitrogens is 1. The molecule has 0 radical (unpaired) electrons. The van der Waals surface area contributed by atoms with Gasteiger partial charge in [0.2, 0.25) is 0 Å². The number of nitrogens with one attached hydrogen (secondary N) is 2. The fourth-order valence-corrected chi connectivity index (χ4v) is 4.32. The van der Waals surface area contributed by atoms with E-state index in [2.05, 4.69) is 29.4 Å². The summed E-state index contributed by atoms with van der Waals surface area (Å²) in [6, 6.07) is 12.2. The number of methoxy groups -OCH3 is 1. The fraction of sp³-hybridized carbons (Fsp3) is 0.227. The zero-order chi connectivity index (χ0) is 19.8. The number of aryl methyl sites for hydroxylation is 1. The van der Waals surface area contributed by atoms with Crippen LogP contribution in [0.4, 0.5) is 11.4 Å². The fourth-order valence-electron chi connectivity index (χ4n) is 3.53. The number of thiophene rings is 1. The monoisotopic (exact) mass is 393 g/mol. The molecule has 2 aromatic heterocycles. The predicted molar refractivity (Wildman–Crippen MR) is 118 cm³/mol. The molecule has 0 amide bonds. The minimum atomic E-state index is -0.0585. The summed E-state index contributed by atoms with van der Waals surface area (Å²) in [5.41, 5.74) is 10.5. The van der Waals surface area contributed by atoms with E-state index in [0.717, 1.165) is 43.7 Å². The highest BCUT2D eigenvalue weighted by molar-refractivity contribution is 7.17. The largest absolute Gasteiger partial charge is 0.495 e. The van der Waals surface area contributed by atoms with Crippen LogP contribution in [0, 0.1) is 6.92 Å². The van der Waals surface area contributed by atoms with Gasteiger partial charge in [-0.25, -0.2) is 0 Å². The molecule has 0 aliphatic rings. The summed E-state index contributed by atoms with van der Waals surface area (Å²) < 4.78 is 6.39. The number of hydrogen-bond donors (Lipinski definition) is 3. The van der Waals surface area contributed by atoms with Gasteiger partial charge in [-0.05, 0) is 60.2 Å². The van der Waals surface area contributed by atoms with Gasteiger partial charge in [-0.2, -0.15) is 0 Å². The molecular weight excluding hydrogens is 370 g/mol. The molecule has 1 unspecified atom stereocenters. The first kappa shape index (κ1) is 18.5. The van der Waals surface area contributed by atoms with Gasteiger partial charge in [-0.3, -0.25) is 4.79 Å². The molecule has 144 valence electrons. The highest BCUT2D eigenvalue weighted by Gasteiger charge is 2.17. The van der Waals surface area contributed by atoms with E-state index < -0.39 is 0 Å². The molecule has 6 heteroatoms. The van der Waals surface area contributed by atoms with Crippen molar-refractivity contribution in [3.63, 3.8) is 0 Å². The van der Waals surface area contributed by atoms with Crippen LogP contribution >= 0.6 is 11.3 Å². The van der Waals surface area contributed by atoms with E-state index in [0.29, 0.717) is 12.5 Å². The molecular formula is C22H23N3O2S. The summed E-state index contributed by atoms with van der Waals surface area (Å²) in [5.74, 6) is 1.06. The molecule has 0 spiro atoms. The zero-order valence-corrected chi connectivity index (χ0v) is 16.9. The van der Waals surface area contributed by atoms with Crippen molar-refractivity contribution in [2.24, 2.45) is 5.73 Å². The zero-order valence-electron chi connectivity index (χ0n) is 16.1. The molecule has 0 fully saturated rings. The van der Waals surface area contributed by atoms with Crippen molar-refractivity contribution in [1.29, 1.82) is 0 Å². The maximum Gasteiger partial charge on any atom is 0.266 e. The van der Waals surface area contributed by atoms with E-state index in [1.165, 1.54) is 16.9 Å². The quantitative estimate of drug-likeness (QED) is 0.452. The molecule has 0 saturated heterocycles. The number of hydrogen-bond acceptors (Lipinski definition) is 5. The molecule has 0 bridgehead atoms. The molecule has 0 aliphatic carbocycles. The normalized spacial score (nSPS) is 12.4. The van der Waals surface area contributed by atoms with Gasteiger partial charge in [0.25, 0.3) is 5.56 Å². The third kappa shape index (κ3) is 3.04. The number of nitrogens with two attached hydrogens (primary N) is 1. The van der Waals surface area contributed by atoms with Crippen LogP contribution in [0.25, 0.3) is 21.0 Å². The molecule has 1 atom stereocenters. The molecule has 4 N–H and O–H groups in total. The Kier molecular flexibility index (Phi) is 4.83. The van der Waals surface area contributed by atoms with Crippen LogP contribution < -0.4 is 21.3 Å². The predicted octanol–water partition coefficient (Wildman–Crippen LogP) is 4.87. The van der Waals surface area contributed by atoms with E-state index >= 15 is 0 Å². The second-order valence-corrected chi connectivity index (χ2v) is 7.94. The Balaban J connectivity index is 1.91. The summed E-state index contributed by atoms with van der Waals surface area (Å²) in [6.07, 6.45) is 0. The van der Waals surface area contributed by atoms with Gasteiger partial charge < -0.3 is 20.8 Å². The number of benzene rings is 2. The maximum absolute atomic E-state index is 12.5. The van der Waals surface area contributed by atoms with E-state index in [-0.39, 0.29) is 5.56 Å². The van der Waals surface area contributed by atoms with Gasteiger partial charge in [-0.1, -0.05) is 19.1 Å². The maximum atomic E-state index is 12.5. The van der Waals surface area contributed by atoms with Crippen LogP contribution in [0.1, 0.15) is 24.0 Å². The van der Waals surface area contributed by atoms with Gasteiger partial charge in [0.15, 0.2) is 0 Å². The van der Waals surface area contributed by atoms with Crippen molar-refractivity contribution in [3.8, 4) is 5.75 Å². The van der Waals surface area contributed by atoms with Gasteiger partial charge in [-0.15, -0.1) is 11.3 Å². The number of pyridine rings is 1. The number of aromatic nitrogens is 1. The average molecular weight is 394 g/mol. The molecule has 2 heterocycles. The van der Waals surface area contributed by atoms with Gasteiger partial charge in [0.1, 0.15) is 10.4 Å². The Morgan fingerprint density at radius 1 is 1.25 bits per heavy atom. The number of ether oxygens (including phenoxy) is 1. The Morgan fingerprint density at radius 3 is 2.68 bits per heavy atom. The molecule has 4 rings (SSSR count). The molecule has 0 aliphatic heterocycles. The first-order chi connectivity index (χ1) is 13.5. The third-order valence-corrected chi connectivity index (χ3v) is 6.10. The van der Waals surface area contributed by atoms with Crippen LogP contribution in [0.15, 0.2) is 46.6 Å². The first-order valence-corrected chi connectivity index (χ1v) is 10.1. The summed E-state index contributed by atoms with van der Waals surface area (Å²) in [4.78, 5) is 15.5. The Morgan fingerprint density at radius 2 is 2.00 bits per heavy atom. The number of fused-ring (bicyclic) bond motifs is 3. The molecule has 5 nitrogen and oxygen atoms in total. The molecule has 2 aromatic carbocycles. The van der Waals surface area contributed by atoms with E-state index in [1.54, 1.807) is 7.11 Å². The highest BCUT2D eigenvalue weighted by atomic mass is 32.1. The van der Waals surface area contributed by atoms with E-state index in [4.69, 9.17) is 10.5 Å². The lowest BCUT2D eigenvalue weighted by atomic mass is 10.0. The average Bonchev–Trinajstić information content (AvgIpc) is 3.20. The standard InChI is InChI=1S/C22H23N3O2S/c1-12-10-17(27-3)20(24-15-6-4-14(5-7-15)13(2)11-23)18-16-8-9-28-21(16)22(26)25-19(12)18/h4-10,13,24H,11,23H2,1-3H3,(H,25,26). The van der Waals surface area contributed by atoms with Crippen LogP contribution in [-0.2, 0) is 0 Å². The van der Waals surface area contributed by atoms with Gasteiger partial charge >= 0.3 is 0 Å². The second kappa shape index (κ2) is 7.30. The van der Waals surface area contributed by atoms with Crippen molar-refractivity contribution in [2.75, 3.05) is 19.0 Å². The lowest BCUT2D eigenvalue weighted by Crippen LogP contribution is -2.09. The van der Waals surface area contributed by atoms with Crippen molar-refractivity contribution >= 4 is 43.7 Å². The Labute approximate surface area is 167 Å². The van der Waals surface area contributed by atoms with Crippen molar-refractivity contribution < 1.29 is 4.74 Å². The Bertz CT molecular complexity index is 1210. The minimum Gasteiger partial charge on any atom is -0.495 e. The summed E-state index contributed by atoms with van der Waals surface area (Å²) >= 11 is 1.45. The van der Waals surface area contributed by atoms with Gasteiger partial charge in [0, 0.05) is 16.5 Å². The number of rotatable bonds is 5. The SMILES string of the molecule is COc1cc(C)c2[nH]c(=O)c3sccc3c2c1Nc1ccc(C(C)CN)cc1. The number of anilines is 2. The molecule has 4 aromatic rings. The second-order valence-electron chi connectivity index (χ2n) is 7.02. The molecule has 0 saturated carbocycles. The van der Waals surface area contributed by atoms with Crippen molar-refractivity contribution in [2.45, 2.75) is 19.8 Å². The highest BCUT2D eigenvalue weighted by Crippen LogP contribution is 2.40.